The van der Waals surface area contributed by atoms with Crippen LogP contribution in [-0.4, -0.2) is 44.6 Å². The second-order valence-corrected chi connectivity index (χ2v) is 5.69. The quantitative estimate of drug-likeness (QED) is 0.779. The van der Waals surface area contributed by atoms with Crippen molar-refractivity contribution in [3.8, 4) is 0 Å². The molecule has 0 bridgehead atoms. The Morgan fingerprint density at radius 2 is 2.19 bits per heavy atom. The molecule has 0 spiro atoms. The lowest BCUT2D eigenvalue weighted by atomic mass is 10.3. The first-order valence-corrected chi connectivity index (χ1v) is 7.34. The largest absolute Gasteiger partial charge is 0.481 e. The first-order valence-electron chi connectivity index (χ1n) is 5.65. The van der Waals surface area contributed by atoms with Gasteiger partial charge in [0.05, 0.1) is 11.3 Å². The SMILES string of the molecule is O=C(O)CCN1C(=O)SC(=CC(=O)Nc2nccs2)C1=O. The van der Waals surface area contributed by atoms with Gasteiger partial charge in [-0.2, -0.15) is 0 Å². The molecule has 3 amide bonds. The molecule has 0 aliphatic carbocycles. The summed E-state index contributed by atoms with van der Waals surface area (Å²) in [6.45, 7) is -0.217. The molecule has 1 saturated heterocycles. The fraction of sp³-hybridized carbons (Fsp3) is 0.182. The smallest absolute Gasteiger partial charge is 0.305 e. The summed E-state index contributed by atoms with van der Waals surface area (Å²) in [5.41, 5.74) is 0. The lowest BCUT2D eigenvalue weighted by Gasteiger charge is -2.09. The van der Waals surface area contributed by atoms with Crippen molar-refractivity contribution >= 4 is 51.3 Å². The highest BCUT2D eigenvalue weighted by Crippen LogP contribution is 2.30. The van der Waals surface area contributed by atoms with Crippen molar-refractivity contribution in [2.24, 2.45) is 0 Å². The molecule has 10 heteroatoms. The molecule has 0 saturated carbocycles. The van der Waals surface area contributed by atoms with Crippen LogP contribution in [0.15, 0.2) is 22.6 Å². The first-order chi connectivity index (χ1) is 9.97. The highest BCUT2D eigenvalue weighted by atomic mass is 32.2. The van der Waals surface area contributed by atoms with Crippen molar-refractivity contribution in [2.45, 2.75) is 6.42 Å². The van der Waals surface area contributed by atoms with Gasteiger partial charge < -0.3 is 5.11 Å². The Morgan fingerprint density at radius 1 is 1.43 bits per heavy atom. The zero-order chi connectivity index (χ0) is 15.4. The highest BCUT2D eigenvalue weighted by Gasteiger charge is 2.35. The molecule has 21 heavy (non-hydrogen) atoms. The molecule has 1 aromatic heterocycles. The van der Waals surface area contributed by atoms with E-state index in [1.165, 1.54) is 17.5 Å². The molecule has 0 radical (unpaired) electrons. The maximum Gasteiger partial charge on any atom is 0.305 e. The maximum atomic E-state index is 11.9. The van der Waals surface area contributed by atoms with Crippen LogP contribution in [0.5, 0.6) is 0 Å². The van der Waals surface area contributed by atoms with Crippen LogP contribution in [-0.2, 0) is 14.4 Å². The predicted octanol–water partition coefficient (Wildman–Crippen LogP) is 1.14. The second kappa shape index (κ2) is 6.50. The predicted molar refractivity (Wildman–Crippen MR) is 75.8 cm³/mol. The van der Waals surface area contributed by atoms with Gasteiger partial charge in [0.2, 0.25) is 0 Å². The number of carboxylic acids is 1. The van der Waals surface area contributed by atoms with Gasteiger partial charge in [-0.05, 0) is 11.8 Å². The molecule has 0 unspecified atom stereocenters. The number of aliphatic carboxylic acids is 1. The monoisotopic (exact) mass is 327 g/mol. The van der Waals surface area contributed by atoms with E-state index in [2.05, 4.69) is 10.3 Å². The molecule has 2 rings (SSSR count). The van der Waals surface area contributed by atoms with Crippen LogP contribution in [0.1, 0.15) is 6.42 Å². The van der Waals surface area contributed by atoms with E-state index in [0.29, 0.717) is 16.9 Å². The summed E-state index contributed by atoms with van der Waals surface area (Å²) in [6, 6.07) is 0. The number of imide groups is 1. The standard InChI is InChI=1S/C11H9N3O5S2/c15-7(13-10-12-2-4-20-10)5-6-9(18)14(11(19)21-6)3-1-8(16)17/h2,4-5H,1,3H2,(H,16,17)(H,12,13,15). The van der Waals surface area contributed by atoms with Gasteiger partial charge in [-0.3, -0.25) is 29.4 Å². The Balaban J connectivity index is 2.02. The number of aromatic nitrogens is 1. The number of anilines is 1. The normalized spacial score (nSPS) is 16.6. The zero-order valence-electron chi connectivity index (χ0n) is 10.4. The number of nitrogens with zero attached hydrogens (tertiary/aromatic N) is 2. The Bertz CT molecular complexity index is 626. The number of rotatable bonds is 5. The van der Waals surface area contributed by atoms with Crippen LogP contribution in [0.2, 0.25) is 0 Å². The third-order valence-electron chi connectivity index (χ3n) is 2.35. The molecule has 1 aromatic rings. The summed E-state index contributed by atoms with van der Waals surface area (Å²) in [4.78, 5) is 50.3. The van der Waals surface area contributed by atoms with Crippen LogP contribution in [0, 0.1) is 0 Å². The molecule has 110 valence electrons. The number of carbonyl (C=O) groups excluding carboxylic acids is 3. The maximum absolute atomic E-state index is 11.9. The number of hydrogen-bond acceptors (Lipinski definition) is 7. The van der Waals surface area contributed by atoms with Gasteiger partial charge in [-0.1, -0.05) is 0 Å². The van der Waals surface area contributed by atoms with E-state index in [1.54, 1.807) is 5.38 Å². The number of thioether (sulfide) groups is 1. The molecule has 1 fully saturated rings. The molecule has 0 aromatic carbocycles. The molecule has 1 aliphatic rings. The summed E-state index contributed by atoms with van der Waals surface area (Å²) < 4.78 is 0. The fourth-order valence-electron chi connectivity index (χ4n) is 1.45. The van der Waals surface area contributed by atoms with Gasteiger partial charge in [-0.25, -0.2) is 4.98 Å². The van der Waals surface area contributed by atoms with E-state index in [9.17, 15) is 19.2 Å². The molecule has 0 atom stereocenters. The Labute approximate surface area is 126 Å². The number of nitrogens with one attached hydrogen (secondary N) is 1. The Hall–Kier alpha value is -2.20. The van der Waals surface area contributed by atoms with Gasteiger partial charge >= 0.3 is 5.97 Å². The number of hydrogen-bond donors (Lipinski definition) is 2. The van der Waals surface area contributed by atoms with E-state index in [0.717, 1.165) is 11.0 Å². The summed E-state index contributed by atoms with van der Waals surface area (Å²) in [7, 11) is 0. The van der Waals surface area contributed by atoms with Crippen LogP contribution in [0.25, 0.3) is 0 Å². The lowest BCUT2D eigenvalue weighted by Crippen LogP contribution is -2.30. The summed E-state index contributed by atoms with van der Waals surface area (Å²) in [6.07, 6.45) is 2.18. The number of carboxylic acid groups (broad SMARTS) is 1. The van der Waals surface area contributed by atoms with Crippen LogP contribution < -0.4 is 5.32 Å². The average Bonchev–Trinajstić information content (AvgIpc) is 2.98. The van der Waals surface area contributed by atoms with Crippen LogP contribution in [0.3, 0.4) is 0 Å². The van der Waals surface area contributed by atoms with Crippen molar-refractivity contribution in [2.75, 3.05) is 11.9 Å². The molecular formula is C11H9N3O5S2. The van der Waals surface area contributed by atoms with Crippen molar-refractivity contribution in [1.82, 2.24) is 9.88 Å². The van der Waals surface area contributed by atoms with E-state index in [1.807, 2.05) is 0 Å². The van der Waals surface area contributed by atoms with Gasteiger partial charge in [0.25, 0.3) is 17.1 Å². The van der Waals surface area contributed by atoms with E-state index >= 15 is 0 Å². The number of carbonyl (C=O) groups is 4. The Kier molecular flexibility index (Phi) is 4.70. The van der Waals surface area contributed by atoms with Gasteiger partial charge in [0, 0.05) is 24.2 Å². The average molecular weight is 327 g/mol. The third kappa shape index (κ3) is 3.89. The summed E-state index contributed by atoms with van der Waals surface area (Å²) in [5, 5.41) is 12.5. The third-order valence-corrected chi connectivity index (χ3v) is 3.94. The van der Waals surface area contributed by atoms with E-state index in [4.69, 9.17) is 5.11 Å². The molecule has 2 heterocycles. The van der Waals surface area contributed by atoms with Crippen LogP contribution in [0.4, 0.5) is 9.93 Å². The Morgan fingerprint density at radius 3 is 2.81 bits per heavy atom. The van der Waals surface area contributed by atoms with E-state index in [-0.39, 0.29) is 17.9 Å². The fourth-order valence-corrected chi connectivity index (χ4v) is 2.81. The molecule has 1 aliphatic heterocycles. The molecule has 2 N–H and O–H groups in total. The minimum absolute atomic E-state index is 0.0422. The van der Waals surface area contributed by atoms with Crippen molar-refractivity contribution in [1.29, 1.82) is 0 Å². The van der Waals surface area contributed by atoms with Gasteiger partial charge in [0.1, 0.15) is 0 Å². The topological polar surface area (TPSA) is 117 Å². The van der Waals surface area contributed by atoms with Gasteiger partial charge in [-0.15, -0.1) is 11.3 Å². The van der Waals surface area contributed by atoms with Gasteiger partial charge in [0.15, 0.2) is 5.13 Å². The lowest BCUT2D eigenvalue weighted by molar-refractivity contribution is -0.137. The molecule has 8 nitrogen and oxygen atoms in total. The van der Waals surface area contributed by atoms with Crippen LogP contribution >= 0.6 is 23.1 Å². The highest BCUT2D eigenvalue weighted by molar-refractivity contribution is 8.18. The number of amides is 3. The number of thiazole rings is 1. The van der Waals surface area contributed by atoms with Crippen molar-refractivity contribution < 1.29 is 24.3 Å². The zero-order valence-corrected chi connectivity index (χ0v) is 12.1. The van der Waals surface area contributed by atoms with Crippen molar-refractivity contribution in [3.63, 3.8) is 0 Å². The minimum Gasteiger partial charge on any atom is -0.481 e. The minimum atomic E-state index is -1.11. The molecular weight excluding hydrogens is 318 g/mol. The summed E-state index contributed by atoms with van der Waals surface area (Å²) >= 11 is 1.82. The van der Waals surface area contributed by atoms with E-state index < -0.39 is 23.0 Å². The second-order valence-electron chi connectivity index (χ2n) is 3.80. The first kappa shape index (κ1) is 15.2. The van der Waals surface area contributed by atoms with Crippen molar-refractivity contribution in [3.05, 3.63) is 22.6 Å². The summed E-state index contributed by atoms with van der Waals surface area (Å²) in [5.74, 6) is -2.35.